The van der Waals surface area contributed by atoms with Crippen LogP contribution in [0.2, 0.25) is 10.2 Å². The number of hydrogen-bond acceptors (Lipinski definition) is 1. The first-order chi connectivity index (χ1) is 8.47. The van der Waals surface area contributed by atoms with Crippen LogP contribution >= 0.6 is 39.1 Å². The number of H-pyrrole nitrogens is 1. The van der Waals surface area contributed by atoms with Gasteiger partial charge in [0.25, 0.3) is 5.91 Å². The van der Waals surface area contributed by atoms with Gasteiger partial charge >= 0.3 is 0 Å². The van der Waals surface area contributed by atoms with Crippen LogP contribution in [0.15, 0.2) is 28.7 Å². The molecule has 0 atom stereocenters. The van der Waals surface area contributed by atoms with E-state index in [9.17, 15) is 9.18 Å². The Morgan fingerprint density at radius 1 is 1.33 bits per heavy atom. The van der Waals surface area contributed by atoms with Crippen molar-refractivity contribution in [1.29, 1.82) is 0 Å². The zero-order chi connectivity index (χ0) is 13.3. The smallest absolute Gasteiger partial charge is 0.272 e. The highest BCUT2D eigenvalue weighted by Gasteiger charge is 2.12. The van der Waals surface area contributed by atoms with Crippen LogP contribution in [0.4, 0.5) is 10.1 Å². The number of carbonyl (C=O) groups is 1. The fourth-order valence-corrected chi connectivity index (χ4v) is 1.99. The summed E-state index contributed by atoms with van der Waals surface area (Å²) in [7, 11) is 0. The minimum atomic E-state index is -0.415. The Kier molecular flexibility index (Phi) is 3.94. The van der Waals surface area contributed by atoms with E-state index in [1.807, 2.05) is 0 Å². The van der Waals surface area contributed by atoms with Crippen LogP contribution in [0.1, 0.15) is 10.5 Å². The first-order valence-corrected chi connectivity index (χ1v) is 6.32. The van der Waals surface area contributed by atoms with Gasteiger partial charge in [-0.3, -0.25) is 4.79 Å². The number of aromatic nitrogens is 1. The lowest BCUT2D eigenvalue weighted by Crippen LogP contribution is -2.12. The Labute approximate surface area is 120 Å². The summed E-state index contributed by atoms with van der Waals surface area (Å²) < 4.78 is 13.3. The average molecular weight is 352 g/mol. The Bertz CT molecular complexity index is 596. The predicted octanol–water partition coefficient (Wildman–Crippen LogP) is 4.48. The van der Waals surface area contributed by atoms with Crippen molar-refractivity contribution >= 4 is 50.7 Å². The highest BCUT2D eigenvalue weighted by atomic mass is 79.9. The fraction of sp³-hybridized carbons (Fsp3) is 0. The third-order valence-electron chi connectivity index (χ3n) is 2.15. The number of halogens is 4. The summed E-state index contributed by atoms with van der Waals surface area (Å²) in [5.74, 6) is -0.818. The number of rotatable bonds is 2. The van der Waals surface area contributed by atoms with Crippen molar-refractivity contribution in [3.05, 3.63) is 50.4 Å². The van der Waals surface area contributed by atoms with Crippen molar-refractivity contribution < 1.29 is 9.18 Å². The highest BCUT2D eigenvalue weighted by molar-refractivity contribution is 9.10. The number of carbonyl (C=O) groups excluding carboxylic acids is 1. The molecule has 3 nitrogen and oxygen atoms in total. The Balaban J connectivity index is 2.18. The van der Waals surface area contributed by atoms with E-state index in [0.717, 1.165) is 0 Å². The SMILES string of the molecule is O=C(Nc1ccc(F)c(Br)c1)c1cc(Cl)c(Cl)[nH]1. The summed E-state index contributed by atoms with van der Waals surface area (Å²) >= 11 is 14.5. The van der Waals surface area contributed by atoms with Crippen molar-refractivity contribution in [2.45, 2.75) is 0 Å². The fourth-order valence-electron chi connectivity index (χ4n) is 1.30. The van der Waals surface area contributed by atoms with Gasteiger partial charge in [-0.15, -0.1) is 0 Å². The lowest BCUT2D eigenvalue weighted by Gasteiger charge is -2.04. The van der Waals surface area contributed by atoms with Crippen LogP contribution in [-0.2, 0) is 0 Å². The molecule has 0 fully saturated rings. The molecule has 0 aliphatic heterocycles. The van der Waals surface area contributed by atoms with Crippen molar-refractivity contribution in [2.24, 2.45) is 0 Å². The lowest BCUT2D eigenvalue weighted by molar-refractivity contribution is 0.102. The van der Waals surface area contributed by atoms with Gasteiger partial charge in [-0.2, -0.15) is 0 Å². The first kappa shape index (κ1) is 13.4. The molecule has 0 aliphatic carbocycles. The summed E-state index contributed by atoms with van der Waals surface area (Å²) in [5, 5.41) is 3.04. The topological polar surface area (TPSA) is 44.9 Å². The van der Waals surface area contributed by atoms with Crippen molar-refractivity contribution in [2.75, 3.05) is 5.32 Å². The van der Waals surface area contributed by atoms with Crippen LogP contribution < -0.4 is 5.32 Å². The van der Waals surface area contributed by atoms with Gasteiger partial charge in [0.1, 0.15) is 16.7 Å². The van der Waals surface area contributed by atoms with E-state index in [0.29, 0.717) is 5.69 Å². The normalized spacial score (nSPS) is 10.4. The molecule has 0 saturated carbocycles. The second-order valence-electron chi connectivity index (χ2n) is 3.43. The van der Waals surface area contributed by atoms with E-state index in [1.54, 1.807) is 0 Å². The van der Waals surface area contributed by atoms with Crippen LogP contribution in [0.3, 0.4) is 0 Å². The average Bonchev–Trinajstić information content (AvgIpc) is 2.65. The van der Waals surface area contributed by atoms with Gasteiger partial charge in [0, 0.05) is 5.69 Å². The molecular weight excluding hydrogens is 346 g/mol. The second kappa shape index (κ2) is 5.30. The number of aromatic amines is 1. The van der Waals surface area contributed by atoms with Gasteiger partial charge in [-0.25, -0.2) is 4.39 Å². The van der Waals surface area contributed by atoms with Crippen LogP contribution in [0.25, 0.3) is 0 Å². The predicted molar refractivity (Wildman–Crippen MR) is 72.9 cm³/mol. The molecule has 1 aromatic carbocycles. The molecule has 0 saturated heterocycles. The number of nitrogens with one attached hydrogen (secondary N) is 2. The Morgan fingerprint density at radius 2 is 2.06 bits per heavy atom. The van der Waals surface area contributed by atoms with Crippen molar-refractivity contribution in [1.82, 2.24) is 4.98 Å². The third kappa shape index (κ3) is 2.85. The molecule has 18 heavy (non-hydrogen) atoms. The van der Waals surface area contributed by atoms with Crippen molar-refractivity contribution in [3.8, 4) is 0 Å². The third-order valence-corrected chi connectivity index (χ3v) is 3.45. The minimum Gasteiger partial charge on any atom is -0.340 e. The van der Waals surface area contributed by atoms with E-state index in [2.05, 4.69) is 26.2 Å². The van der Waals surface area contributed by atoms with Gasteiger partial charge in [0.05, 0.1) is 9.50 Å². The largest absolute Gasteiger partial charge is 0.340 e. The van der Waals surface area contributed by atoms with Crippen molar-refractivity contribution in [3.63, 3.8) is 0 Å². The Morgan fingerprint density at radius 3 is 2.61 bits per heavy atom. The number of hydrogen-bond donors (Lipinski definition) is 2. The lowest BCUT2D eigenvalue weighted by atomic mass is 10.3. The second-order valence-corrected chi connectivity index (χ2v) is 5.07. The van der Waals surface area contributed by atoms with E-state index >= 15 is 0 Å². The standard InChI is InChI=1S/C11H6BrCl2FN2O/c12-6-3-5(1-2-8(6)15)16-11(18)9-4-7(13)10(14)17-9/h1-4,17H,(H,16,18). The monoisotopic (exact) mass is 350 g/mol. The number of benzene rings is 1. The summed E-state index contributed by atoms with van der Waals surface area (Å²) in [4.78, 5) is 14.4. The maximum atomic E-state index is 13.0. The zero-order valence-electron chi connectivity index (χ0n) is 8.73. The molecule has 0 unspecified atom stereocenters. The molecule has 0 radical (unpaired) electrons. The summed E-state index contributed by atoms with van der Waals surface area (Å²) in [6.07, 6.45) is 0. The van der Waals surface area contributed by atoms with Crippen LogP contribution in [0, 0.1) is 5.82 Å². The van der Waals surface area contributed by atoms with Crippen LogP contribution in [0.5, 0.6) is 0 Å². The van der Waals surface area contributed by atoms with E-state index in [-0.39, 0.29) is 20.3 Å². The summed E-state index contributed by atoms with van der Waals surface area (Å²) in [5.41, 5.74) is 0.681. The minimum absolute atomic E-state index is 0.196. The molecule has 2 N–H and O–H groups in total. The highest BCUT2D eigenvalue weighted by Crippen LogP contribution is 2.23. The van der Waals surface area contributed by atoms with Gasteiger partial charge in [-0.05, 0) is 40.2 Å². The molecule has 1 heterocycles. The number of amides is 1. The first-order valence-electron chi connectivity index (χ1n) is 4.78. The summed E-state index contributed by atoms with van der Waals surface area (Å²) in [6, 6.07) is 5.57. The van der Waals surface area contributed by atoms with Crippen LogP contribution in [-0.4, -0.2) is 10.9 Å². The molecular formula is C11H6BrCl2FN2O. The molecule has 2 rings (SSSR count). The van der Waals surface area contributed by atoms with Gasteiger partial charge < -0.3 is 10.3 Å². The quantitative estimate of drug-likeness (QED) is 0.823. The van der Waals surface area contributed by atoms with E-state index < -0.39 is 11.7 Å². The number of anilines is 1. The molecule has 94 valence electrons. The molecule has 0 aliphatic rings. The van der Waals surface area contributed by atoms with Gasteiger partial charge in [-0.1, -0.05) is 23.2 Å². The Hall–Kier alpha value is -1.04. The molecule has 0 bridgehead atoms. The maximum Gasteiger partial charge on any atom is 0.272 e. The zero-order valence-corrected chi connectivity index (χ0v) is 11.8. The van der Waals surface area contributed by atoms with E-state index in [4.69, 9.17) is 23.2 Å². The molecule has 2 aromatic rings. The van der Waals surface area contributed by atoms with Gasteiger partial charge in [0.15, 0.2) is 0 Å². The molecule has 1 aromatic heterocycles. The maximum absolute atomic E-state index is 13.0. The van der Waals surface area contributed by atoms with E-state index in [1.165, 1.54) is 24.3 Å². The molecule has 1 amide bonds. The van der Waals surface area contributed by atoms with Gasteiger partial charge in [0.2, 0.25) is 0 Å². The molecule has 0 spiro atoms. The molecule has 7 heteroatoms. The summed E-state index contributed by atoms with van der Waals surface area (Å²) in [6.45, 7) is 0.